The van der Waals surface area contributed by atoms with E-state index in [2.05, 4.69) is 60.5 Å². The molecule has 0 amide bonds. The predicted octanol–water partition coefficient (Wildman–Crippen LogP) is 5.64. The standard InChI is InChI=1S/C22H30N2/c1-3-4-18-9-12-20(13-10-18)21-15-23-22(24-16-21)14-11-19-7-5-17(2)6-8-19/h5-8,15-16,18,20H,3-4,9-14H2,1-2H3. The normalized spacial score (nSPS) is 20.9. The fourth-order valence-electron chi connectivity index (χ4n) is 3.91. The highest BCUT2D eigenvalue weighted by atomic mass is 14.9. The minimum absolute atomic E-state index is 0.684. The molecule has 2 nitrogen and oxygen atoms in total. The van der Waals surface area contributed by atoms with Crippen LogP contribution in [-0.4, -0.2) is 9.97 Å². The summed E-state index contributed by atoms with van der Waals surface area (Å²) >= 11 is 0. The topological polar surface area (TPSA) is 25.8 Å². The molecule has 1 saturated carbocycles. The number of aromatic nitrogens is 2. The van der Waals surface area contributed by atoms with E-state index in [1.165, 1.54) is 55.2 Å². The van der Waals surface area contributed by atoms with Gasteiger partial charge in [-0.1, -0.05) is 49.6 Å². The van der Waals surface area contributed by atoms with Gasteiger partial charge in [-0.25, -0.2) is 9.97 Å². The highest BCUT2D eigenvalue weighted by Gasteiger charge is 2.22. The van der Waals surface area contributed by atoms with Gasteiger partial charge in [0.15, 0.2) is 0 Å². The Hall–Kier alpha value is -1.70. The van der Waals surface area contributed by atoms with Crippen molar-refractivity contribution in [3.63, 3.8) is 0 Å². The molecular weight excluding hydrogens is 292 g/mol. The number of hydrogen-bond donors (Lipinski definition) is 0. The molecule has 1 aliphatic rings. The molecule has 0 unspecified atom stereocenters. The van der Waals surface area contributed by atoms with E-state index in [-0.39, 0.29) is 0 Å². The van der Waals surface area contributed by atoms with Crippen molar-refractivity contribution in [2.75, 3.05) is 0 Å². The van der Waals surface area contributed by atoms with Crippen molar-refractivity contribution in [3.05, 3.63) is 59.2 Å². The van der Waals surface area contributed by atoms with Crippen LogP contribution in [0.3, 0.4) is 0 Å². The maximum Gasteiger partial charge on any atom is 0.128 e. The Balaban J connectivity index is 1.51. The summed E-state index contributed by atoms with van der Waals surface area (Å²) in [6, 6.07) is 8.76. The number of nitrogens with zero attached hydrogens (tertiary/aromatic N) is 2. The van der Waals surface area contributed by atoms with E-state index in [1.54, 1.807) is 0 Å². The lowest BCUT2D eigenvalue weighted by molar-refractivity contribution is 0.307. The molecule has 0 aliphatic heterocycles. The second-order valence-electron chi connectivity index (χ2n) is 7.42. The summed E-state index contributed by atoms with van der Waals surface area (Å²) in [5, 5.41) is 0. The van der Waals surface area contributed by atoms with E-state index < -0.39 is 0 Å². The Kier molecular flexibility index (Phi) is 6.01. The molecule has 1 aromatic carbocycles. The lowest BCUT2D eigenvalue weighted by Gasteiger charge is -2.28. The van der Waals surface area contributed by atoms with Crippen molar-refractivity contribution in [2.45, 2.75) is 71.1 Å². The first kappa shape index (κ1) is 17.1. The molecule has 128 valence electrons. The number of hydrogen-bond acceptors (Lipinski definition) is 2. The lowest BCUT2D eigenvalue weighted by atomic mass is 9.78. The lowest BCUT2D eigenvalue weighted by Crippen LogP contribution is -2.14. The Morgan fingerprint density at radius 3 is 2.21 bits per heavy atom. The molecule has 0 atom stereocenters. The maximum atomic E-state index is 4.63. The van der Waals surface area contributed by atoms with E-state index in [9.17, 15) is 0 Å². The van der Waals surface area contributed by atoms with Gasteiger partial charge in [-0.2, -0.15) is 0 Å². The third-order valence-corrected chi connectivity index (χ3v) is 5.50. The van der Waals surface area contributed by atoms with Crippen LogP contribution in [0.5, 0.6) is 0 Å². The largest absolute Gasteiger partial charge is 0.241 e. The molecule has 2 heteroatoms. The van der Waals surface area contributed by atoms with Crippen LogP contribution < -0.4 is 0 Å². The van der Waals surface area contributed by atoms with Crippen LogP contribution in [0.15, 0.2) is 36.7 Å². The van der Waals surface area contributed by atoms with E-state index in [0.717, 1.165) is 24.6 Å². The van der Waals surface area contributed by atoms with Crippen molar-refractivity contribution >= 4 is 0 Å². The van der Waals surface area contributed by atoms with Crippen LogP contribution >= 0.6 is 0 Å². The molecule has 24 heavy (non-hydrogen) atoms. The summed E-state index contributed by atoms with van der Waals surface area (Å²) in [6.45, 7) is 4.43. The molecule has 0 bridgehead atoms. The van der Waals surface area contributed by atoms with E-state index in [4.69, 9.17) is 0 Å². The van der Waals surface area contributed by atoms with Crippen LogP contribution in [0.4, 0.5) is 0 Å². The van der Waals surface area contributed by atoms with Crippen molar-refractivity contribution in [2.24, 2.45) is 5.92 Å². The van der Waals surface area contributed by atoms with Crippen molar-refractivity contribution in [3.8, 4) is 0 Å². The second kappa shape index (κ2) is 8.41. The molecule has 1 fully saturated rings. The van der Waals surface area contributed by atoms with Crippen molar-refractivity contribution in [1.82, 2.24) is 9.97 Å². The summed E-state index contributed by atoms with van der Waals surface area (Å²) in [4.78, 5) is 9.26. The first-order valence-electron chi connectivity index (χ1n) is 9.61. The number of rotatable bonds is 6. The van der Waals surface area contributed by atoms with Gasteiger partial charge in [-0.05, 0) is 62.0 Å². The third-order valence-electron chi connectivity index (χ3n) is 5.50. The number of benzene rings is 1. The first-order chi connectivity index (χ1) is 11.7. The molecule has 0 saturated heterocycles. The minimum Gasteiger partial charge on any atom is -0.241 e. The first-order valence-corrected chi connectivity index (χ1v) is 9.61. The molecule has 1 aromatic heterocycles. The van der Waals surface area contributed by atoms with Gasteiger partial charge in [0.05, 0.1) is 0 Å². The van der Waals surface area contributed by atoms with Crippen LogP contribution in [-0.2, 0) is 12.8 Å². The molecule has 3 rings (SSSR count). The van der Waals surface area contributed by atoms with Gasteiger partial charge in [-0.15, -0.1) is 0 Å². The summed E-state index contributed by atoms with van der Waals surface area (Å²) in [5.41, 5.74) is 4.03. The maximum absolute atomic E-state index is 4.63. The number of aryl methyl sites for hydroxylation is 3. The zero-order valence-corrected chi connectivity index (χ0v) is 15.2. The zero-order valence-electron chi connectivity index (χ0n) is 15.2. The highest BCUT2D eigenvalue weighted by Crippen LogP contribution is 2.36. The van der Waals surface area contributed by atoms with Gasteiger partial charge in [-0.3, -0.25) is 0 Å². The Bertz CT molecular complexity index is 607. The summed E-state index contributed by atoms with van der Waals surface area (Å²) in [7, 11) is 0. The summed E-state index contributed by atoms with van der Waals surface area (Å²) < 4.78 is 0. The van der Waals surface area contributed by atoms with E-state index in [0.29, 0.717) is 5.92 Å². The van der Waals surface area contributed by atoms with Gasteiger partial charge in [0, 0.05) is 18.8 Å². The predicted molar refractivity (Wildman–Crippen MR) is 100 cm³/mol. The minimum atomic E-state index is 0.684. The molecule has 0 radical (unpaired) electrons. The zero-order chi connectivity index (χ0) is 16.8. The summed E-state index contributed by atoms with van der Waals surface area (Å²) in [5.74, 6) is 2.61. The SMILES string of the molecule is CCCC1CCC(c2cnc(CCc3ccc(C)cc3)nc2)CC1. The Morgan fingerprint density at radius 1 is 0.917 bits per heavy atom. The van der Waals surface area contributed by atoms with Gasteiger partial charge < -0.3 is 0 Å². The van der Waals surface area contributed by atoms with Gasteiger partial charge in [0.1, 0.15) is 5.82 Å². The van der Waals surface area contributed by atoms with Crippen LogP contribution in [0.1, 0.15) is 73.9 Å². The second-order valence-corrected chi connectivity index (χ2v) is 7.42. The molecule has 2 aromatic rings. The smallest absolute Gasteiger partial charge is 0.128 e. The molecular formula is C22H30N2. The van der Waals surface area contributed by atoms with E-state index >= 15 is 0 Å². The average molecular weight is 322 g/mol. The van der Waals surface area contributed by atoms with Crippen LogP contribution in [0, 0.1) is 12.8 Å². The van der Waals surface area contributed by atoms with Crippen LogP contribution in [0.25, 0.3) is 0 Å². The Morgan fingerprint density at radius 2 is 1.58 bits per heavy atom. The van der Waals surface area contributed by atoms with Crippen molar-refractivity contribution in [1.29, 1.82) is 0 Å². The molecule has 1 aliphatic carbocycles. The fourth-order valence-corrected chi connectivity index (χ4v) is 3.91. The van der Waals surface area contributed by atoms with Gasteiger partial charge in [0.25, 0.3) is 0 Å². The quantitative estimate of drug-likeness (QED) is 0.687. The Labute approximate surface area is 146 Å². The van der Waals surface area contributed by atoms with E-state index in [1.807, 2.05) is 0 Å². The average Bonchev–Trinajstić information content (AvgIpc) is 2.63. The van der Waals surface area contributed by atoms with Gasteiger partial charge >= 0.3 is 0 Å². The molecule has 1 heterocycles. The molecule has 0 spiro atoms. The fraction of sp³-hybridized carbons (Fsp3) is 0.545. The molecule has 0 N–H and O–H groups in total. The monoisotopic (exact) mass is 322 g/mol. The van der Waals surface area contributed by atoms with Gasteiger partial charge in [0.2, 0.25) is 0 Å². The third kappa shape index (κ3) is 4.66. The van der Waals surface area contributed by atoms with Crippen molar-refractivity contribution < 1.29 is 0 Å². The van der Waals surface area contributed by atoms with Crippen LogP contribution in [0.2, 0.25) is 0 Å². The highest BCUT2D eigenvalue weighted by molar-refractivity contribution is 5.22. The summed E-state index contributed by atoms with van der Waals surface area (Å²) in [6.07, 6.45) is 14.2.